The van der Waals surface area contributed by atoms with Crippen molar-refractivity contribution in [1.82, 2.24) is 4.90 Å². The summed E-state index contributed by atoms with van der Waals surface area (Å²) in [5.41, 5.74) is 0. The van der Waals surface area contributed by atoms with E-state index in [4.69, 9.17) is 6.11 Å². The zero-order chi connectivity index (χ0) is 10.7. The largest absolute Gasteiger partial charge is 0.414 e. The topological polar surface area (TPSA) is 29.5 Å². The molecule has 0 unspecified atom stereocenters. The second-order valence-electron chi connectivity index (χ2n) is 2.61. The van der Waals surface area contributed by atoms with Crippen LogP contribution in [0.4, 0.5) is 4.79 Å². The highest BCUT2D eigenvalue weighted by Gasteiger charge is 2.08. The lowest BCUT2D eigenvalue weighted by Gasteiger charge is -2.11. The number of carbonyl (C=O) groups is 1. The summed E-state index contributed by atoms with van der Waals surface area (Å²) in [5, 5.41) is 0. The van der Waals surface area contributed by atoms with E-state index in [0.29, 0.717) is 5.75 Å². The Morgan fingerprint density at radius 2 is 2.31 bits per heavy atom. The van der Waals surface area contributed by atoms with Gasteiger partial charge in [0, 0.05) is 14.1 Å². The summed E-state index contributed by atoms with van der Waals surface area (Å²) in [6, 6.07) is 5.33. The van der Waals surface area contributed by atoms with Crippen molar-refractivity contribution in [3.63, 3.8) is 0 Å². The number of halogens is 1. The van der Waals surface area contributed by atoms with Gasteiger partial charge in [-0.05, 0) is 34.7 Å². The first-order chi connectivity index (χ1) is 6.52. The number of benzene rings is 1. The number of para-hydroxylation sites is 1. The van der Waals surface area contributed by atoms with Crippen molar-refractivity contribution in [2.75, 3.05) is 14.1 Å². The highest BCUT2D eigenvalue weighted by molar-refractivity contribution is 14.1. The lowest BCUT2D eigenvalue weighted by molar-refractivity contribution is 0.171. The number of nitrogens with zero attached hydrogens (tertiary/aromatic N) is 1. The second-order valence-corrected chi connectivity index (χ2v) is 3.77. The van der Waals surface area contributed by atoms with Crippen LogP contribution in [-0.4, -0.2) is 25.1 Å². The van der Waals surface area contributed by atoms with Gasteiger partial charge in [0.1, 0.15) is 5.75 Å². The third kappa shape index (κ3) is 2.87. The van der Waals surface area contributed by atoms with Gasteiger partial charge in [-0.25, -0.2) is 4.79 Å². The lowest BCUT2D eigenvalue weighted by Crippen LogP contribution is -2.25. The van der Waals surface area contributed by atoms with Crippen molar-refractivity contribution in [1.29, 1.82) is 0 Å². The van der Waals surface area contributed by atoms with Gasteiger partial charge in [-0.15, -0.1) is 0 Å². The Labute approximate surface area is 92.2 Å². The molecule has 0 N–H and O–H groups in total. The van der Waals surface area contributed by atoms with Gasteiger partial charge >= 0.3 is 6.09 Å². The first kappa shape index (κ1) is 8.80. The molecule has 0 spiro atoms. The van der Waals surface area contributed by atoms with Gasteiger partial charge in [0.05, 0.1) is 4.94 Å². The van der Waals surface area contributed by atoms with Crippen molar-refractivity contribution < 1.29 is 10.9 Å². The number of hydrogen-bond donors (Lipinski definition) is 0. The minimum absolute atomic E-state index is 0.215. The van der Waals surface area contributed by atoms with E-state index in [1.165, 1.54) is 4.90 Å². The van der Waals surface area contributed by atoms with E-state index in [-0.39, 0.29) is 6.04 Å². The Hall–Kier alpha value is -0.780. The van der Waals surface area contributed by atoms with E-state index in [9.17, 15) is 4.79 Å². The van der Waals surface area contributed by atoms with Crippen LogP contribution < -0.4 is 4.74 Å². The van der Waals surface area contributed by atoms with Crippen molar-refractivity contribution in [2.24, 2.45) is 0 Å². The molecule has 0 atom stereocenters. The number of amides is 1. The van der Waals surface area contributed by atoms with Gasteiger partial charge in [0.15, 0.2) is 0 Å². The quantitative estimate of drug-likeness (QED) is 0.744. The maximum Gasteiger partial charge on any atom is 0.414 e. The van der Waals surface area contributed by atoms with E-state index < -0.39 is 6.09 Å². The summed E-state index contributed by atoms with van der Waals surface area (Å²) < 4.78 is 13.3. The maximum atomic E-state index is 11.2. The molecule has 0 aliphatic carbocycles. The summed E-state index contributed by atoms with van der Waals surface area (Å²) in [6.45, 7) is 0. The van der Waals surface area contributed by atoms with Crippen LogP contribution in [0.1, 0.15) is 1.37 Å². The Kier molecular flexibility index (Phi) is 3.02. The van der Waals surface area contributed by atoms with Gasteiger partial charge < -0.3 is 9.64 Å². The third-order valence-corrected chi connectivity index (χ3v) is 2.17. The average Bonchev–Trinajstić information content (AvgIpc) is 2.11. The van der Waals surface area contributed by atoms with Crippen LogP contribution in [0, 0.1) is 3.57 Å². The lowest BCUT2D eigenvalue weighted by atomic mass is 10.3. The Bertz CT molecular complexity index is 334. The van der Waals surface area contributed by atoms with Crippen molar-refractivity contribution in [2.45, 2.75) is 0 Å². The minimum Gasteiger partial charge on any atom is -0.409 e. The van der Waals surface area contributed by atoms with E-state index in [2.05, 4.69) is 0 Å². The van der Waals surface area contributed by atoms with Gasteiger partial charge in [0.2, 0.25) is 0 Å². The molecule has 1 rings (SSSR count). The number of carbonyl (C=O) groups excluding carboxylic acids is 1. The maximum absolute atomic E-state index is 11.2. The molecular weight excluding hydrogens is 281 g/mol. The Morgan fingerprint density at radius 3 is 2.85 bits per heavy atom. The normalized spacial score (nSPS) is 10.5. The molecule has 0 aliphatic heterocycles. The second kappa shape index (κ2) is 4.45. The molecule has 0 saturated carbocycles. The Morgan fingerprint density at radius 1 is 1.62 bits per heavy atom. The summed E-state index contributed by atoms with van der Waals surface area (Å²) in [5.74, 6) is 0.312. The Balaban J connectivity index is 2.91. The summed E-state index contributed by atoms with van der Waals surface area (Å²) in [7, 11) is 3.20. The SMILES string of the molecule is [2H]c1cccc(I)c1OC(=O)N(C)C. The van der Waals surface area contributed by atoms with E-state index in [0.717, 1.165) is 3.57 Å². The van der Waals surface area contributed by atoms with Crippen LogP contribution in [0.25, 0.3) is 0 Å². The van der Waals surface area contributed by atoms with Crippen molar-refractivity contribution >= 4 is 28.7 Å². The molecule has 0 aliphatic rings. The highest BCUT2D eigenvalue weighted by atomic mass is 127. The third-order valence-electron chi connectivity index (χ3n) is 1.32. The zero-order valence-electron chi connectivity index (χ0n) is 8.37. The molecule has 3 nitrogen and oxygen atoms in total. The zero-order valence-corrected chi connectivity index (χ0v) is 9.53. The van der Waals surface area contributed by atoms with E-state index in [1.807, 2.05) is 22.6 Å². The molecule has 0 heterocycles. The molecular formula is C9H10INO2. The van der Waals surface area contributed by atoms with E-state index >= 15 is 0 Å². The molecule has 1 amide bonds. The summed E-state index contributed by atoms with van der Waals surface area (Å²) >= 11 is 2.03. The summed E-state index contributed by atoms with van der Waals surface area (Å²) in [6.07, 6.45) is -0.470. The fourth-order valence-corrected chi connectivity index (χ4v) is 1.13. The minimum atomic E-state index is -0.470. The molecule has 1 aromatic rings. The smallest absolute Gasteiger partial charge is 0.409 e. The van der Waals surface area contributed by atoms with Crippen molar-refractivity contribution in [3.8, 4) is 5.75 Å². The molecule has 0 bridgehead atoms. The standard InChI is InChI=1S/C9H10INO2/c1-11(2)9(12)13-8-6-4-3-5-7(8)10/h3-6H,1-2H3/i6D. The first-order valence-corrected chi connectivity index (χ1v) is 4.74. The predicted octanol–water partition coefficient (Wildman–Crippen LogP) is 2.35. The van der Waals surface area contributed by atoms with Crippen LogP contribution in [0.15, 0.2) is 24.2 Å². The van der Waals surface area contributed by atoms with Gasteiger partial charge in [0.25, 0.3) is 0 Å². The van der Waals surface area contributed by atoms with Gasteiger partial charge in [-0.2, -0.15) is 0 Å². The molecule has 0 aromatic heterocycles. The molecule has 13 heavy (non-hydrogen) atoms. The molecule has 0 radical (unpaired) electrons. The fourth-order valence-electron chi connectivity index (χ4n) is 0.658. The number of rotatable bonds is 1. The number of ether oxygens (including phenoxy) is 1. The van der Waals surface area contributed by atoms with Crippen LogP contribution >= 0.6 is 22.6 Å². The molecule has 0 fully saturated rings. The molecule has 70 valence electrons. The highest BCUT2D eigenvalue weighted by Crippen LogP contribution is 2.19. The fraction of sp³-hybridized carbons (Fsp3) is 0.222. The first-order valence-electron chi connectivity index (χ1n) is 4.16. The number of hydrogen-bond acceptors (Lipinski definition) is 2. The molecule has 1 aromatic carbocycles. The predicted molar refractivity (Wildman–Crippen MR) is 58.9 cm³/mol. The van der Waals surface area contributed by atoms with Crippen LogP contribution in [-0.2, 0) is 0 Å². The molecule has 4 heteroatoms. The van der Waals surface area contributed by atoms with Gasteiger partial charge in [-0.3, -0.25) is 0 Å². The van der Waals surface area contributed by atoms with E-state index in [1.54, 1.807) is 32.3 Å². The average molecular weight is 292 g/mol. The van der Waals surface area contributed by atoms with Crippen molar-refractivity contribution in [3.05, 3.63) is 27.8 Å². The van der Waals surface area contributed by atoms with Crippen LogP contribution in [0.5, 0.6) is 5.75 Å². The molecule has 0 saturated heterocycles. The monoisotopic (exact) mass is 292 g/mol. The van der Waals surface area contributed by atoms with Gasteiger partial charge in [-0.1, -0.05) is 12.1 Å². The van der Waals surface area contributed by atoms with Crippen LogP contribution in [0.2, 0.25) is 0 Å². The van der Waals surface area contributed by atoms with Crippen LogP contribution in [0.3, 0.4) is 0 Å². The summed E-state index contributed by atoms with van der Waals surface area (Å²) in [4.78, 5) is 12.6.